The molecule has 3 aliphatic rings. The second-order valence-corrected chi connectivity index (χ2v) is 5.68. The van der Waals surface area contributed by atoms with Crippen molar-refractivity contribution in [3.8, 4) is 0 Å². The fraction of sp³-hybridized carbons (Fsp3) is 1.00. The van der Waals surface area contributed by atoms with Crippen molar-refractivity contribution in [1.82, 2.24) is 5.32 Å². The number of hydrogen-bond donors (Lipinski definition) is 1. The lowest BCUT2D eigenvalue weighted by molar-refractivity contribution is 0.0788. The Hall–Kier alpha value is -0.0800. The van der Waals surface area contributed by atoms with E-state index in [4.69, 9.17) is 4.74 Å². The van der Waals surface area contributed by atoms with Crippen LogP contribution in [-0.4, -0.2) is 25.3 Å². The maximum atomic E-state index is 5.56. The van der Waals surface area contributed by atoms with Gasteiger partial charge in [-0.15, -0.1) is 0 Å². The molecule has 3 saturated carbocycles. The Morgan fingerprint density at radius 3 is 2.20 bits per heavy atom. The van der Waals surface area contributed by atoms with Crippen LogP contribution in [0.25, 0.3) is 0 Å². The van der Waals surface area contributed by atoms with E-state index in [2.05, 4.69) is 5.32 Å². The zero-order valence-corrected chi connectivity index (χ0v) is 9.74. The highest BCUT2D eigenvalue weighted by Crippen LogP contribution is 2.45. The van der Waals surface area contributed by atoms with Crippen LogP contribution >= 0.6 is 0 Å². The first-order valence-electron chi connectivity index (χ1n) is 6.67. The van der Waals surface area contributed by atoms with Gasteiger partial charge in [0.2, 0.25) is 0 Å². The Labute approximate surface area is 92.8 Å². The van der Waals surface area contributed by atoms with Crippen LogP contribution in [0.3, 0.4) is 0 Å². The summed E-state index contributed by atoms with van der Waals surface area (Å²) in [5.41, 5.74) is 0. The molecule has 86 valence electrons. The van der Waals surface area contributed by atoms with Gasteiger partial charge in [-0.05, 0) is 56.8 Å². The summed E-state index contributed by atoms with van der Waals surface area (Å²) >= 11 is 0. The van der Waals surface area contributed by atoms with Gasteiger partial charge in [-0.1, -0.05) is 0 Å². The van der Waals surface area contributed by atoms with E-state index in [-0.39, 0.29) is 0 Å². The molecular weight excluding hydrogens is 186 g/mol. The summed E-state index contributed by atoms with van der Waals surface area (Å²) < 4.78 is 5.56. The predicted molar refractivity (Wildman–Crippen MR) is 60.8 cm³/mol. The molecular formula is C13H23NO. The molecule has 0 aromatic rings. The normalized spacial score (nSPS) is 36.4. The Morgan fingerprint density at radius 2 is 1.67 bits per heavy atom. The van der Waals surface area contributed by atoms with E-state index in [9.17, 15) is 0 Å². The molecule has 2 heteroatoms. The van der Waals surface area contributed by atoms with Crippen LogP contribution in [0.2, 0.25) is 0 Å². The second kappa shape index (κ2) is 4.06. The molecule has 15 heavy (non-hydrogen) atoms. The lowest BCUT2D eigenvalue weighted by atomic mass is 10.0. The lowest BCUT2D eigenvalue weighted by Gasteiger charge is -2.26. The molecule has 2 nitrogen and oxygen atoms in total. The highest BCUT2D eigenvalue weighted by molar-refractivity contribution is 4.99. The zero-order valence-electron chi connectivity index (χ0n) is 9.74. The molecule has 1 N–H and O–H groups in total. The van der Waals surface area contributed by atoms with Gasteiger partial charge in [0, 0.05) is 19.2 Å². The quantitative estimate of drug-likeness (QED) is 0.750. The highest BCUT2D eigenvalue weighted by atomic mass is 16.5. The standard InChI is InChI=1S/C13H23NO/c1-15-12-4-2-3-11(12)14-13(9-5-6-9)10-7-8-10/h9-14H,2-8H2,1H3. The van der Waals surface area contributed by atoms with Crippen molar-refractivity contribution in [3.05, 3.63) is 0 Å². The van der Waals surface area contributed by atoms with Gasteiger partial charge < -0.3 is 10.1 Å². The average molecular weight is 209 g/mol. The smallest absolute Gasteiger partial charge is 0.0724 e. The van der Waals surface area contributed by atoms with E-state index >= 15 is 0 Å². The SMILES string of the molecule is COC1CCCC1NC(C1CC1)C1CC1. The molecule has 2 atom stereocenters. The highest BCUT2D eigenvalue weighted by Gasteiger charge is 2.43. The van der Waals surface area contributed by atoms with E-state index in [0.29, 0.717) is 12.1 Å². The fourth-order valence-electron chi connectivity index (χ4n) is 3.21. The van der Waals surface area contributed by atoms with Crippen LogP contribution in [0.15, 0.2) is 0 Å². The number of hydrogen-bond acceptors (Lipinski definition) is 2. The minimum Gasteiger partial charge on any atom is -0.380 e. The maximum Gasteiger partial charge on any atom is 0.0724 e. The van der Waals surface area contributed by atoms with Gasteiger partial charge in [0.1, 0.15) is 0 Å². The minimum absolute atomic E-state index is 0.491. The molecule has 3 aliphatic carbocycles. The van der Waals surface area contributed by atoms with Gasteiger partial charge in [-0.25, -0.2) is 0 Å². The summed E-state index contributed by atoms with van der Waals surface area (Å²) in [6.07, 6.45) is 10.3. The van der Waals surface area contributed by atoms with Crippen molar-refractivity contribution < 1.29 is 4.74 Å². The summed E-state index contributed by atoms with van der Waals surface area (Å²) in [5, 5.41) is 3.92. The molecule has 0 heterocycles. The second-order valence-electron chi connectivity index (χ2n) is 5.68. The zero-order chi connectivity index (χ0) is 10.3. The molecule has 2 unspecified atom stereocenters. The van der Waals surface area contributed by atoms with Gasteiger partial charge in [0.05, 0.1) is 6.10 Å². The number of methoxy groups -OCH3 is 1. The van der Waals surface area contributed by atoms with Gasteiger partial charge in [-0.2, -0.15) is 0 Å². The van der Waals surface area contributed by atoms with E-state index in [1.165, 1.54) is 44.9 Å². The van der Waals surface area contributed by atoms with Crippen LogP contribution in [0, 0.1) is 11.8 Å². The molecule has 0 amide bonds. The number of ether oxygens (including phenoxy) is 1. The third-order valence-electron chi connectivity index (χ3n) is 4.42. The van der Waals surface area contributed by atoms with Crippen LogP contribution in [0.4, 0.5) is 0 Å². The van der Waals surface area contributed by atoms with Crippen molar-refractivity contribution >= 4 is 0 Å². The monoisotopic (exact) mass is 209 g/mol. The molecule has 3 rings (SSSR count). The lowest BCUT2D eigenvalue weighted by Crippen LogP contribution is -2.45. The molecule has 0 radical (unpaired) electrons. The Morgan fingerprint density at radius 1 is 1.00 bits per heavy atom. The Kier molecular flexibility index (Phi) is 2.73. The Bertz CT molecular complexity index is 211. The first kappa shape index (κ1) is 10.1. The van der Waals surface area contributed by atoms with Crippen molar-refractivity contribution in [2.45, 2.75) is 63.1 Å². The summed E-state index contributed by atoms with van der Waals surface area (Å²) in [5.74, 6) is 2.02. The fourth-order valence-corrected chi connectivity index (χ4v) is 3.21. The minimum atomic E-state index is 0.491. The molecule has 0 aromatic heterocycles. The summed E-state index contributed by atoms with van der Waals surface area (Å²) in [4.78, 5) is 0. The van der Waals surface area contributed by atoms with E-state index in [0.717, 1.165) is 17.9 Å². The first-order chi connectivity index (χ1) is 7.38. The van der Waals surface area contributed by atoms with Crippen molar-refractivity contribution in [1.29, 1.82) is 0 Å². The van der Waals surface area contributed by atoms with Crippen molar-refractivity contribution in [2.24, 2.45) is 11.8 Å². The molecule has 0 aromatic carbocycles. The van der Waals surface area contributed by atoms with E-state index in [1.54, 1.807) is 0 Å². The number of nitrogens with one attached hydrogen (secondary N) is 1. The molecule has 0 saturated heterocycles. The summed E-state index contributed by atoms with van der Waals surface area (Å²) in [7, 11) is 1.87. The largest absolute Gasteiger partial charge is 0.380 e. The maximum absolute atomic E-state index is 5.56. The van der Waals surface area contributed by atoms with Crippen LogP contribution in [0.5, 0.6) is 0 Å². The molecule has 3 fully saturated rings. The third kappa shape index (κ3) is 2.21. The van der Waals surface area contributed by atoms with Crippen molar-refractivity contribution in [3.63, 3.8) is 0 Å². The van der Waals surface area contributed by atoms with Crippen LogP contribution in [0.1, 0.15) is 44.9 Å². The molecule has 0 aliphatic heterocycles. The van der Waals surface area contributed by atoms with Gasteiger partial charge in [-0.3, -0.25) is 0 Å². The van der Waals surface area contributed by atoms with E-state index < -0.39 is 0 Å². The summed E-state index contributed by atoms with van der Waals surface area (Å²) in [6, 6.07) is 1.49. The van der Waals surface area contributed by atoms with Crippen LogP contribution < -0.4 is 5.32 Å². The third-order valence-corrected chi connectivity index (χ3v) is 4.42. The van der Waals surface area contributed by atoms with Gasteiger partial charge >= 0.3 is 0 Å². The first-order valence-corrected chi connectivity index (χ1v) is 6.67. The van der Waals surface area contributed by atoms with Crippen LogP contribution in [-0.2, 0) is 4.74 Å². The number of rotatable bonds is 5. The van der Waals surface area contributed by atoms with Gasteiger partial charge in [0.25, 0.3) is 0 Å². The molecule has 0 spiro atoms. The van der Waals surface area contributed by atoms with E-state index in [1.807, 2.05) is 7.11 Å². The average Bonchev–Trinajstić information content (AvgIpc) is 3.14. The Balaban J connectivity index is 1.57. The summed E-state index contributed by atoms with van der Waals surface area (Å²) in [6.45, 7) is 0. The topological polar surface area (TPSA) is 21.3 Å². The molecule has 0 bridgehead atoms. The van der Waals surface area contributed by atoms with Gasteiger partial charge in [0.15, 0.2) is 0 Å². The predicted octanol–water partition coefficient (Wildman–Crippen LogP) is 2.33. The van der Waals surface area contributed by atoms with Crippen molar-refractivity contribution in [2.75, 3.05) is 7.11 Å².